The van der Waals surface area contributed by atoms with E-state index in [2.05, 4.69) is 38.0 Å². The van der Waals surface area contributed by atoms with Gasteiger partial charge in [-0.2, -0.15) is 0 Å². The summed E-state index contributed by atoms with van der Waals surface area (Å²) >= 11 is 0. The predicted molar refractivity (Wildman–Crippen MR) is 70.0 cm³/mol. The molecule has 2 N–H and O–H groups in total. The van der Waals surface area contributed by atoms with Gasteiger partial charge in [-0.25, -0.2) is 4.68 Å². The van der Waals surface area contributed by atoms with Crippen LogP contribution in [0.4, 0.5) is 0 Å². The van der Waals surface area contributed by atoms with E-state index in [0.717, 1.165) is 25.1 Å². The van der Waals surface area contributed by atoms with Crippen molar-refractivity contribution in [1.82, 2.24) is 15.0 Å². The minimum absolute atomic E-state index is 0.00239. The second kappa shape index (κ2) is 4.97. The summed E-state index contributed by atoms with van der Waals surface area (Å²) in [5, 5.41) is 8.29. The first-order valence-electron chi connectivity index (χ1n) is 6.71. The Morgan fingerprint density at radius 1 is 1.56 bits per heavy atom. The Morgan fingerprint density at radius 3 is 2.83 bits per heavy atom. The molecule has 1 aromatic heterocycles. The first-order chi connectivity index (χ1) is 8.37. The highest BCUT2D eigenvalue weighted by atomic mass is 16.5. The molecule has 102 valence electrons. The average molecular weight is 252 g/mol. The van der Waals surface area contributed by atoms with Gasteiger partial charge < -0.3 is 10.5 Å². The standard InChI is InChI=1S/C13H24N4O/c1-9(2)12(14)11-8-17(16-15-11)7-10-5-6-13(3,4)18-10/h8-10,12H,5-7,14H2,1-4H3. The second-order valence-corrected chi connectivity index (χ2v) is 6.17. The van der Waals surface area contributed by atoms with E-state index >= 15 is 0 Å². The van der Waals surface area contributed by atoms with Gasteiger partial charge in [0.1, 0.15) is 0 Å². The van der Waals surface area contributed by atoms with Crippen LogP contribution in [0, 0.1) is 5.92 Å². The quantitative estimate of drug-likeness (QED) is 0.888. The minimum atomic E-state index is -0.0420. The third kappa shape index (κ3) is 3.09. The fourth-order valence-electron chi connectivity index (χ4n) is 2.31. The van der Waals surface area contributed by atoms with Gasteiger partial charge in [-0.15, -0.1) is 5.10 Å². The van der Waals surface area contributed by atoms with Crippen molar-refractivity contribution < 1.29 is 4.74 Å². The highest BCUT2D eigenvalue weighted by Gasteiger charge is 2.32. The van der Waals surface area contributed by atoms with Crippen LogP contribution in [0.1, 0.15) is 52.3 Å². The molecule has 0 aromatic carbocycles. The lowest BCUT2D eigenvalue weighted by Crippen LogP contribution is -2.23. The summed E-state index contributed by atoms with van der Waals surface area (Å²) in [6.07, 6.45) is 4.37. The maximum atomic E-state index is 6.06. The number of aromatic nitrogens is 3. The molecule has 1 aliphatic rings. The number of rotatable bonds is 4. The average Bonchev–Trinajstić information content (AvgIpc) is 2.85. The van der Waals surface area contributed by atoms with Crippen LogP contribution in [0.2, 0.25) is 0 Å². The summed E-state index contributed by atoms with van der Waals surface area (Å²) in [6.45, 7) is 9.21. The number of ether oxygens (including phenoxy) is 1. The molecule has 0 aliphatic carbocycles. The molecule has 0 amide bonds. The van der Waals surface area contributed by atoms with Crippen LogP contribution in [0.15, 0.2) is 6.20 Å². The summed E-state index contributed by atoms with van der Waals surface area (Å²) in [5.74, 6) is 0.372. The topological polar surface area (TPSA) is 66.0 Å². The zero-order valence-electron chi connectivity index (χ0n) is 11.8. The molecule has 2 rings (SSSR count). The molecule has 1 aliphatic heterocycles. The Morgan fingerprint density at radius 2 is 2.28 bits per heavy atom. The van der Waals surface area contributed by atoms with Gasteiger partial charge in [0.05, 0.1) is 36.2 Å². The van der Waals surface area contributed by atoms with Crippen LogP contribution in [-0.2, 0) is 11.3 Å². The monoisotopic (exact) mass is 252 g/mol. The van der Waals surface area contributed by atoms with E-state index < -0.39 is 0 Å². The molecular formula is C13H24N4O. The van der Waals surface area contributed by atoms with E-state index in [9.17, 15) is 0 Å². The number of hydrogen-bond donors (Lipinski definition) is 1. The molecule has 1 fully saturated rings. The maximum Gasteiger partial charge on any atom is 0.0996 e. The number of nitrogens with two attached hydrogens (primary N) is 1. The van der Waals surface area contributed by atoms with Crippen LogP contribution in [0.3, 0.4) is 0 Å². The molecule has 0 spiro atoms. The zero-order valence-corrected chi connectivity index (χ0v) is 11.8. The fraction of sp³-hybridized carbons (Fsp3) is 0.846. The smallest absolute Gasteiger partial charge is 0.0996 e. The predicted octanol–water partition coefficient (Wildman–Crippen LogP) is 1.89. The third-order valence-electron chi connectivity index (χ3n) is 3.56. The fourth-order valence-corrected chi connectivity index (χ4v) is 2.31. The third-order valence-corrected chi connectivity index (χ3v) is 3.56. The van der Waals surface area contributed by atoms with Gasteiger partial charge in [-0.1, -0.05) is 19.1 Å². The summed E-state index contributed by atoms with van der Waals surface area (Å²) in [7, 11) is 0. The SMILES string of the molecule is CC(C)C(N)c1cn(CC2CCC(C)(C)O2)nn1. The molecule has 5 nitrogen and oxygen atoms in total. The molecular weight excluding hydrogens is 228 g/mol. The van der Waals surface area contributed by atoms with Gasteiger partial charge in [0.15, 0.2) is 0 Å². The van der Waals surface area contributed by atoms with Crippen molar-refractivity contribution in [1.29, 1.82) is 0 Å². The molecule has 0 bridgehead atoms. The van der Waals surface area contributed by atoms with Crippen LogP contribution in [0.5, 0.6) is 0 Å². The molecule has 2 atom stereocenters. The second-order valence-electron chi connectivity index (χ2n) is 6.17. The summed E-state index contributed by atoms with van der Waals surface area (Å²) < 4.78 is 7.80. The minimum Gasteiger partial charge on any atom is -0.370 e. The summed E-state index contributed by atoms with van der Waals surface area (Å²) in [4.78, 5) is 0. The number of nitrogens with zero attached hydrogens (tertiary/aromatic N) is 3. The Bertz CT molecular complexity index is 399. The van der Waals surface area contributed by atoms with Crippen molar-refractivity contribution in [3.05, 3.63) is 11.9 Å². The van der Waals surface area contributed by atoms with E-state index in [4.69, 9.17) is 10.5 Å². The van der Waals surface area contributed by atoms with Gasteiger partial charge in [-0.05, 0) is 32.6 Å². The Balaban J connectivity index is 1.95. The van der Waals surface area contributed by atoms with E-state index in [1.54, 1.807) is 0 Å². The van der Waals surface area contributed by atoms with Crippen molar-refractivity contribution in [2.24, 2.45) is 11.7 Å². The van der Waals surface area contributed by atoms with Gasteiger partial charge in [0.2, 0.25) is 0 Å². The molecule has 1 aromatic rings. The highest BCUT2D eigenvalue weighted by molar-refractivity contribution is 5.00. The summed E-state index contributed by atoms with van der Waals surface area (Å²) in [6, 6.07) is -0.0420. The summed E-state index contributed by atoms with van der Waals surface area (Å²) in [5.41, 5.74) is 6.92. The van der Waals surface area contributed by atoms with Crippen LogP contribution < -0.4 is 5.73 Å². The van der Waals surface area contributed by atoms with Gasteiger partial charge in [0.25, 0.3) is 0 Å². The molecule has 5 heteroatoms. The number of hydrogen-bond acceptors (Lipinski definition) is 4. The van der Waals surface area contributed by atoms with Crippen molar-refractivity contribution in [2.75, 3.05) is 0 Å². The molecule has 0 radical (unpaired) electrons. The largest absolute Gasteiger partial charge is 0.370 e. The van der Waals surface area contributed by atoms with Crippen molar-refractivity contribution in [2.45, 2.75) is 64.8 Å². The zero-order chi connectivity index (χ0) is 13.3. The van der Waals surface area contributed by atoms with Gasteiger partial charge >= 0.3 is 0 Å². The molecule has 2 unspecified atom stereocenters. The van der Waals surface area contributed by atoms with Gasteiger partial charge in [0, 0.05) is 0 Å². The lowest BCUT2D eigenvalue weighted by Gasteiger charge is -2.18. The van der Waals surface area contributed by atoms with E-state index in [0.29, 0.717) is 5.92 Å². The van der Waals surface area contributed by atoms with Crippen molar-refractivity contribution >= 4 is 0 Å². The molecule has 18 heavy (non-hydrogen) atoms. The Kier molecular flexibility index (Phi) is 3.73. The van der Waals surface area contributed by atoms with E-state index in [-0.39, 0.29) is 17.7 Å². The van der Waals surface area contributed by atoms with Crippen LogP contribution >= 0.6 is 0 Å². The van der Waals surface area contributed by atoms with Crippen molar-refractivity contribution in [3.63, 3.8) is 0 Å². The Hall–Kier alpha value is -0.940. The maximum absolute atomic E-state index is 6.06. The molecule has 1 saturated heterocycles. The Labute approximate surface area is 109 Å². The highest BCUT2D eigenvalue weighted by Crippen LogP contribution is 2.30. The first-order valence-corrected chi connectivity index (χ1v) is 6.71. The van der Waals surface area contributed by atoms with Crippen LogP contribution in [-0.4, -0.2) is 26.7 Å². The van der Waals surface area contributed by atoms with E-state index in [1.807, 2.05) is 10.9 Å². The molecule has 2 heterocycles. The lowest BCUT2D eigenvalue weighted by molar-refractivity contribution is -0.0231. The molecule has 0 saturated carbocycles. The van der Waals surface area contributed by atoms with Crippen molar-refractivity contribution in [3.8, 4) is 0 Å². The van der Waals surface area contributed by atoms with Gasteiger partial charge in [-0.3, -0.25) is 0 Å². The van der Waals surface area contributed by atoms with Crippen LogP contribution in [0.25, 0.3) is 0 Å². The first kappa shape index (κ1) is 13.5. The van der Waals surface area contributed by atoms with E-state index in [1.165, 1.54) is 0 Å². The normalized spacial score (nSPS) is 24.7. The lowest BCUT2D eigenvalue weighted by atomic mass is 10.0.